The molecule has 0 atom stereocenters. The van der Waals surface area contributed by atoms with E-state index in [1.807, 2.05) is 0 Å². The summed E-state index contributed by atoms with van der Waals surface area (Å²) in [5.74, 6) is 3.04. The number of carbonyl (C=O) groups is 1. The second-order valence-electron chi connectivity index (χ2n) is 6.63. The molecule has 0 aromatic carbocycles. The number of anilines is 1. The van der Waals surface area contributed by atoms with Crippen LogP contribution in [-0.4, -0.2) is 33.9 Å². The van der Waals surface area contributed by atoms with Crippen molar-refractivity contribution in [3.63, 3.8) is 0 Å². The third-order valence-electron chi connectivity index (χ3n) is 4.60. The van der Waals surface area contributed by atoms with Crippen molar-refractivity contribution in [1.82, 2.24) is 14.9 Å². The topological polar surface area (TPSA) is 101 Å². The monoisotopic (exact) mass is 428 g/mol. The molecular weight excluding hydrogens is 411 g/mol. The summed E-state index contributed by atoms with van der Waals surface area (Å²) in [6, 6.07) is 2.29. The fourth-order valence-electron chi connectivity index (χ4n) is 3.00. The first kappa shape index (κ1) is 21.4. The van der Waals surface area contributed by atoms with Gasteiger partial charge in [0.05, 0.1) is 24.0 Å². The van der Waals surface area contributed by atoms with Crippen molar-refractivity contribution in [2.24, 2.45) is 11.6 Å². The number of rotatable bonds is 3. The van der Waals surface area contributed by atoms with Crippen molar-refractivity contribution in [3.8, 4) is 0 Å². The largest absolute Gasteiger partial charge is 0.436 e. The van der Waals surface area contributed by atoms with Gasteiger partial charge in [-0.15, -0.1) is 0 Å². The number of hydrogen-bond acceptors (Lipinski definition) is 6. The molecule has 0 bridgehead atoms. The number of hydrogen-bond donors (Lipinski definition) is 2. The highest BCUT2D eigenvalue weighted by molar-refractivity contribution is 5.95. The molecule has 1 amide bonds. The Bertz CT molecular complexity index is 1020. The van der Waals surface area contributed by atoms with Gasteiger partial charge in [0.1, 0.15) is 11.6 Å². The third kappa shape index (κ3) is 4.03. The summed E-state index contributed by atoms with van der Waals surface area (Å²) in [6.07, 6.45) is -3.18. The molecule has 1 aliphatic rings. The average Bonchev–Trinajstić information content (AvgIpc) is 2.68. The first-order chi connectivity index (χ1) is 14.0. The summed E-state index contributed by atoms with van der Waals surface area (Å²) in [6.45, 7) is 1.36. The van der Waals surface area contributed by atoms with Crippen LogP contribution in [0.15, 0.2) is 35.9 Å². The molecule has 4 N–H and O–H groups in total. The van der Waals surface area contributed by atoms with Crippen LogP contribution in [0.5, 0.6) is 0 Å². The Morgan fingerprint density at radius 2 is 1.97 bits per heavy atom. The Hall–Kier alpha value is -3.28. The summed E-state index contributed by atoms with van der Waals surface area (Å²) in [5, 5.41) is 1.15. The maximum atomic E-state index is 14.2. The summed E-state index contributed by atoms with van der Waals surface area (Å²) in [4.78, 5) is 20.6. The standard InChI is InChI=1S/C18H17F5N6O/c1-9-6-14(27-7-11(9)19)29(25)13-3-5-28(8-12(13)24)17(30)10-2-4-26-16(15(10)20)18(21,22)23/h2,4,6-7H,3,5,8,24-25H2,1H3. The molecular formula is C18H17F5N6O. The highest BCUT2D eigenvalue weighted by Gasteiger charge is 2.38. The number of alkyl halides is 3. The quantitative estimate of drug-likeness (QED) is 0.443. The van der Waals surface area contributed by atoms with Gasteiger partial charge in [-0.05, 0) is 24.6 Å². The summed E-state index contributed by atoms with van der Waals surface area (Å²) < 4.78 is 66.2. The zero-order valence-electron chi connectivity index (χ0n) is 15.7. The summed E-state index contributed by atoms with van der Waals surface area (Å²) in [5.41, 5.74) is 4.35. The van der Waals surface area contributed by atoms with E-state index in [1.165, 1.54) is 13.0 Å². The van der Waals surface area contributed by atoms with Crippen LogP contribution in [0.2, 0.25) is 0 Å². The van der Waals surface area contributed by atoms with E-state index >= 15 is 0 Å². The molecule has 160 valence electrons. The van der Waals surface area contributed by atoms with Crippen molar-refractivity contribution in [3.05, 3.63) is 64.4 Å². The molecule has 0 fully saturated rings. The van der Waals surface area contributed by atoms with Gasteiger partial charge in [0.25, 0.3) is 5.91 Å². The molecule has 12 heteroatoms. The van der Waals surface area contributed by atoms with Crippen molar-refractivity contribution in [2.45, 2.75) is 19.5 Å². The molecule has 0 spiro atoms. The first-order valence-electron chi connectivity index (χ1n) is 8.66. The van der Waals surface area contributed by atoms with Crippen LogP contribution >= 0.6 is 0 Å². The minimum absolute atomic E-state index is 0.0197. The van der Waals surface area contributed by atoms with E-state index in [0.717, 1.165) is 28.4 Å². The molecule has 0 radical (unpaired) electrons. The number of carbonyl (C=O) groups excluding carboxylic acids is 1. The molecule has 0 unspecified atom stereocenters. The van der Waals surface area contributed by atoms with Gasteiger partial charge < -0.3 is 10.6 Å². The second-order valence-corrected chi connectivity index (χ2v) is 6.63. The van der Waals surface area contributed by atoms with Crippen LogP contribution in [0.3, 0.4) is 0 Å². The number of hydrazine groups is 1. The Balaban J connectivity index is 1.83. The van der Waals surface area contributed by atoms with E-state index in [0.29, 0.717) is 11.3 Å². The Morgan fingerprint density at radius 1 is 1.27 bits per heavy atom. The fraction of sp³-hybridized carbons (Fsp3) is 0.278. The molecule has 7 nitrogen and oxygen atoms in total. The predicted molar refractivity (Wildman–Crippen MR) is 96.5 cm³/mol. The van der Waals surface area contributed by atoms with Crippen LogP contribution in [0.1, 0.15) is 28.0 Å². The highest BCUT2D eigenvalue weighted by atomic mass is 19.4. The zero-order chi connectivity index (χ0) is 22.2. The molecule has 30 heavy (non-hydrogen) atoms. The number of pyridine rings is 2. The molecule has 2 aromatic heterocycles. The van der Waals surface area contributed by atoms with Crippen LogP contribution in [-0.2, 0) is 6.18 Å². The van der Waals surface area contributed by atoms with Crippen molar-refractivity contribution < 1.29 is 26.7 Å². The lowest BCUT2D eigenvalue weighted by Gasteiger charge is -2.33. The molecule has 1 aliphatic heterocycles. The van der Waals surface area contributed by atoms with E-state index in [4.69, 9.17) is 11.6 Å². The van der Waals surface area contributed by atoms with Crippen LogP contribution in [0, 0.1) is 18.6 Å². The first-order valence-corrected chi connectivity index (χ1v) is 8.66. The van der Waals surface area contributed by atoms with Gasteiger partial charge in [-0.3, -0.25) is 9.80 Å². The van der Waals surface area contributed by atoms with E-state index in [9.17, 15) is 26.7 Å². The number of aryl methyl sites for hydroxylation is 1. The third-order valence-corrected chi connectivity index (χ3v) is 4.60. The lowest BCUT2D eigenvalue weighted by molar-refractivity contribution is -0.143. The molecule has 0 saturated heterocycles. The SMILES string of the molecule is Cc1cc(N(N)C2=C(N)CN(C(=O)c3ccnc(C(F)(F)F)c3F)CC2)ncc1F. The van der Waals surface area contributed by atoms with Crippen LogP contribution in [0.4, 0.5) is 27.8 Å². The summed E-state index contributed by atoms with van der Waals surface area (Å²) >= 11 is 0. The minimum atomic E-state index is -5.03. The Labute approximate surface area is 167 Å². The van der Waals surface area contributed by atoms with Crippen LogP contribution in [0.25, 0.3) is 0 Å². The number of nitrogens with two attached hydrogens (primary N) is 2. The molecule has 3 heterocycles. The number of aromatic nitrogens is 2. The van der Waals surface area contributed by atoms with Gasteiger partial charge >= 0.3 is 6.18 Å². The Kier molecular flexibility index (Phi) is 5.61. The highest BCUT2D eigenvalue weighted by Crippen LogP contribution is 2.31. The maximum Gasteiger partial charge on any atom is 0.436 e. The normalized spacial score (nSPS) is 14.8. The van der Waals surface area contributed by atoms with Gasteiger partial charge in [-0.25, -0.2) is 24.6 Å². The van der Waals surface area contributed by atoms with E-state index < -0.39 is 35.0 Å². The second kappa shape index (κ2) is 7.86. The number of halogens is 5. The molecule has 3 rings (SSSR count). The van der Waals surface area contributed by atoms with E-state index in [2.05, 4.69) is 9.97 Å². The number of amides is 1. The fourth-order valence-corrected chi connectivity index (χ4v) is 3.00. The molecule has 0 aliphatic carbocycles. The van der Waals surface area contributed by atoms with Crippen molar-refractivity contribution >= 4 is 11.7 Å². The van der Waals surface area contributed by atoms with Crippen molar-refractivity contribution in [1.29, 1.82) is 0 Å². The lowest BCUT2D eigenvalue weighted by Crippen LogP contribution is -2.44. The predicted octanol–water partition coefficient (Wildman–Crippen LogP) is 2.48. The van der Waals surface area contributed by atoms with Gasteiger partial charge in [0.2, 0.25) is 0 Å². The lowest BCUT2D eigenvalue weighted by atomic mass is 10.1. The zero-order valence-corrected chi connectivity index (χ0v) is 15.7. The summed E-state index contributed by atoms with van der Waals surface area (Å²) in [7, 11) is 0. The molecule has 0 saturated carbocycles. The Morgan fingerprint density at radius 3 is 2.57 bits per heavy atom. The van der Waals surface area contributed by atoms with Gasteiger partial charge in [-0.2, -0.15) is 13.2 Å². The van der Waals surface area contributed by atoms with Gasteiger partial charge in [-0.1, -0.05) is 0 Å². The smallest absolute Gasteiger partial charge is 0.399 e. The maximum absolute atomic E-state index is 14.2. The van der Waals surface area contributed by atoms with Crippen molar-refractivity contribution in [2.75, 3.05) is 18.1 Å². The van der Waals surface area contributed by atoms with E-state index in [-0.39, 0.29) is 31.0 Å². The van der Waals surface area contributed by atoms with Crippen LogP contribution < -0.4 is 16.6 Å². The van der Waals surface area contributed by atoms with Gasteiger partial charge in [0, 0.05) is 24.9 Å². The van der Waals surface area contributed by atoms with E-state index in [1.54, 1.807) is 0 Å². The molecule has 2 aromatic rings. The minimum Gasteiger partial charge on any atom is -0.399 e. The average molecular weight is 428 g/mol. The number of nitrogens with zero attached hydrogens (tertiary/aromatic N) is 4. The van der Waals surface area contributed by atoms with Gasteiger partial charge in [0.15, 0.2) is 11.5 Å².